The molecule has 0 radical (unpaired) electrons. The van der Waals surface area contributed by atoms with E-state index in [2.05, 4.69) is 21.2 Å². The van der Waals surface area contributed by atoms with Gasteiger partial charge in [-0.3, -0.25) is 4.79 Å². The number of alkyl halides is 3. The molecule has 0 bridgehead atoms. The van der Waals surface area contributed by atoms with Crippen LogP contribution in [0.3, 0.4) is 0 Å². The average Bonchev–Trinajstić information content (AvgIpc) is 2.77. The first-order valence-electron chi connectivity index (χ1n) is 9.47. The van der Waals surface area contributed by atoms with Gasteiger partial charge in [-0.05, 0) is 63.5 Å². The molecule has 1 N–H and O–H groups in total. The first-order chi connectivity index (χ1) is 15.3. The number of anilines is 1. The smallest absolute Gasteiger partial charge is 0.416 e. The third kappa shape index (κ3) is 6.37. The minimum Gasteiger partial charge on any atom is -0.493 e. The lowest BCUT2D eigenvalue weighted by atomic mass is 10.1. The Kier molecular flexibility index (Phi) is 7.58. The van der Waals surface area contributed by atoms with Gasteiger partial charge in [0.25, 0.3) is 0 Å². The fourth-order valence-electron chi connectivity index (χ4n) is 2.83. The van der Waals surface area contributed by atoms with Gasteiger partial charge in [-0.1, -0.05) is 36.4 Å². The summed E-state index contributed by atoms with van der Waals surface area (Å²) in [6, 6.07) is 17.5. The standard InChI is InChI=1S/C24H19BrF3NO3/c1-31-21-13-17(12-20(25)23(21)32-15-16-6-3-2-4-7-16)10-11-22(30)29-19-9-5-8-18(14-19)24(26,27)28/h2-14H,15H2,1H3,(H,29,30)/b11-10+. The summed E-state index contributed by atoms with van der Waals surface area (Å²) in [5.74, 6) is 0.416. The maximum atomic E-state index is 12.8. The Morgan fingerprint density at radius 1 is 1.06 bits per heavy atom. The van der Waals surface area contributed by atoms with Crippen molar-refractivity contribution in [2.45, 2.75) is 12.8 Å². The second-order valence-electron chi connectivity index (χ2n) is 6.71. The van der Waals surface area contributed by atoms with Crippen LogP contribution >= 0.6 is 15.9 Å². The highest BCUT2D eigenvalue weighted by atomic mass is 79.9. The number of hydrogen-bond acceptors (Lipinski definition) is 3. The van der Waals surface area contributed by atoms with Crippen molar-refractivity contribution in [3.05, 3.63) is 94.0 Å². The third-order valence-electron chi connectivity index (χ3n) is 4.36. The van der Waals surface area contributed by atoms with Crippen LogP contribution in [0.2, 0.25) is 0 Å². The highest BCUT2D eigenvalue weighted by Crippen LogP contribution is 2.37. The molecule has 0 fully saturated rings. The first kappa shape index (κ1) is 23.4. The Balaban J connectivity index is 1.70. The van der Waals surface area contributed by atoms with Crippen molar-refractivity contribution >= 4 is 33.6 Å². The number of rotatable bonds is 7. The van der Waals surface area contributed by atoms with Crippen LogP contribution in [-0.2, 0) is 17.6 Å². The Morgan fingerprint density at radius 3 is 2.50 bits per heavy atom. The molecule has 0 saturated heterocycles. The lowest BCUT2D eigenvalue weighted by Crippen LogP contribution is -2.10. The van der Waals surface area contributed by atoms with Gasteiger partial charge in [-0.25, -0.2) is 0 Å². The second-order valence-corrected chi connectivity index (χ2v) is 7.56. The van der Waals surface area contributed by atoms with Crippen LogP contribution in [-0.4, -0.2) is 13.0 Å². The Bertz CT molecular complexity index is 1120. The zero-order valence-electron chi connectivity index (χ0n) is 16.9. The third-order valence-corrected chi connectivity index (χ3v) is 4.95. The largest absolute Gasteiger partial charge is 0.493 e. The summed E-state index contributed by atoms with van der Waals surface area (Å²) in [6.07, 6.45) is -1.73. The number of halogens is 4. The molecule has 0 aliphatic rings. The summed E-state index contributed by atoms with van der Waals surface area (Å²) in [7, 11) is 1.50. The molecule has 8 heteroatoms. The Labute approximate surface area is 191 Å². The molecule has 4 nitrogen and oxygen atoms in total. The van der Waals surface area contributed by atoms with Crippen LogP contribution in [0, 0.1) is 0 Å². The zero-order chi connectivity index (χ0) is 23.1. The van der Waals surface area contributed by atoms with Gasteiger partial charge in [-0.15, -0.1) is 0 Å². The molecule has 32 heavy (non-hydrogen) atoms. The zero-order valence-corrected chi connectivity index (χ0v) is 18.5. The summed E-state index contributed by atoms with van der Waals surface area (Å²) in [6.45, 7) is 0.352. The van der Waals surface area contributed by atoms with Crippen molar-refractivity contribution in [1.29, 1.82) is 0 Å². The van der Waals surface area contributed by atoms with Crippen LogP contribution in [0.5, 0.6) is 11.5 Å². The predicted molar refractivity (Wildman–Crippen MR) is 121 cm³/mol. The normalized spacial score (nSPS) is 11.4. The topological polar surface area (TPSA) is 47.6 Å². The van der Waals surface area contributed by atoms with Crippen LogP contribution in [0.1, 0.15) is 16.7 Å². The quantitative estimate of drug-likeness (QED) is 0.363. The van der Waals surface area contributed by atoms with E-state index < -0.39 is 17.6 Å². The van der Waals surface area contributed by atoms with E-state index in [4.69, 9.17) is 9.47 Å². The summed E-state index contributed by atoms with van der Waals surface area (Å²) in [5.41, 5.74) is 0.855. The van der Waals surface area contributed by atoms with Crippen molar-refractivity contribution in [1.82, 2.24) is 0 Å². The molecule has 0 spiro atoms. The number of hydrogen-bond donors (Lipinski definition) is 1. The molecule has 0 aromatic heterocycles. The molecule has 0 saturated carbocycles. The van der Waals surface area contributed by atoms with E-state index in [1.807, 2.05) is 30.3 Å². The summed E-state index contributed by atoms with van der Waals surface area (Å²) >= 11 is 3.45. The van der Waals surface area contributed by atoms with Gasteiger partial charge in [0.2, 0.25) is 5.91 Å². The molecule has 3 rings (SSSR count). The van der Waals surface area contributed by atoms with Crippen LogP contribution in [0.25, 0.3) is 6.08 Å². The second kappa shape index (κ2) is 10.4. The van der Waals surface area contributed by atoms with Crippen molar-refractivity contribution in [2.24, 2.45) is 0 Å². The minimum absolute atomic E-state index is 0.0536. The SMILES string of the molecule is COc1cc(/C=C/C(=O)Nc2cccc(C(F)(F)F)c2)cc(Br)c1OCc1ccccc1. The van der Waals surface area contributed by atoms with E-state index in [1.165, 1.54) is 31.4 Å². The molecule has 0 aliphatic carbocycles. The molecule has 0 atom stereocenters. The van der Waals surface area contributed by atoms with Gasteiger partial charge >= 0.3 is 6.18 Å². The summed E-state index contributed by atoms with van der Waals surface area (Å²) in [4.78, 5) is 12.2. The molecular formula is C24H19BrF3NO3. The highest BCUT2D eigenvalue weighted by Gasteiger charge is 2.30. The lowest BCUT2D eigenvalue weighted by Gasteiger charge is -2.13. The van der Waals surface area contributed by atoms with Crippen molar-refractivity contribution in [3.63, 3.8) is 0 Å². The van der Waals surface area contributed by atoms with Gasteiger partial charge < -0.3 is 14.8 Å². The van der Waals surface area contributed by atoms with Crippen LogP contribution in [0.15, 0.2) is 77.3 Å². The highest BCUT2D eigenvalue weighted by molar-refractivity contribution is 9.10. The number of methoxy groups -OCH3 is 1. The van der Waals surface area contributed by atoms with Crippen molar-refractivity contribution in [3.8, 4) is 11.5 Å². The molecule has 0 unspecified atom stereocenters. The average molecular weight is 506 g/mol. The van der Waals surface area contributed by atoms with Gasteiger partial charge in [0.15, 0.2) is 11.5 Å². The van der Waals surface area contributed by atoms with Gasteiger partial charge in [-0.2, -0.15) is 13.2 Å². The maximum Gasteiger partial charge on any atom is 0.416 e. The maximum absolute atomic E-state index is 12.8. The molecule has 0 heterocycles. The van der Waals surface area contributed by atoms with Crippen LogP contribution < -0.4 is 14.8 Å². The fraction of sp³-hybridized carbons (Fsp3) is 0.125. The Morgan fingerprint density at radius 2 is 1.81 bits per heavy atom. The fourth-order valence-corrected chi connectivity index (χ4v) is 3.41. The van der Waals surface area contributed by atoms with E-state index in [0.717, 1.165) is 17.7 Å². The number of amides is 1. The van der Waals surface area contributed by atoms with E-state index >= 15 is 0 Å². The summed E-state index contributed by atoms with van der Waals surface area (Å²) in [5, 5.41) is 2.42. The lowest BCUT2D eigenvalue weighted by molar-refractivity contribution is -0.137. The van der Waals surface area contributed by atoms with E-state index in [-0.39, 0.29) is 5.69 Å². The van der Waals surface area contributed by atoms with Gasteiger partial charge in [0, 0.05) is 11.8 Å². The number of carbonyl (C=O) groups excluding carboxylic acids is 1. The molecule has 3 aromatic rings. The van der Waals surface area contributed by atoms with E-state index in [9.17, 15) is 18.0 Å². The van der Waals surface area contributed by atoms with Gasteiger partial charge in [0.1, 0.15) is 6.61 Å². The molecule has 1 amide bonds. The molecular weight excluding hydrogens is 487 g/mol. The van der Waals surface area contributed by atoms with E-state index in [1.54, 1.807) is 12.1 Å². The predicted octanol–water partition coefficient (Wildman–Crippen LogP) is 6.71. The summed E-state index contributed by atoms with van der Waals surface area (Å²) < 4.78 is 50.4. The Hall–Kier alpha value is -3.26. The molecule has 166 valence electrons. The number of carbonyl (C=O) groups is 1. The van der Waals surface area contributed by atoms with Crippen molar-refractivity contribution < 1.29 is 27.4 Å². The molecule has 0 aliphatic heterocycles. The monoisotopic (exact) mass is 505 g/mol. The van der Waals surface area contributed by atoms with Gasteiger partial charge in [0.05, 0.1) is 17.1 Å². The van der Waals surface area contributed by atoms with Crippen LogP contribution in [0.4, 0.5) is 18.9 Å². The number of benzene rings is 3. The number of ether oxygens (including phenoxy) is 2. The van der Waals surface area contributed by atoms with E-state index in [0.29, 0.717) is 28.1 Å². The van der Waals surface area contributed by atoms with Crippen molar-refractivity contribution in [2.75, 3.05) is 12.4 Å². The first-order valence-corrected chi connectivity index (χ1v) is 10.3. The minimum atomic E-state index is -4.48. The number of nitrogens with one attached hydrogen (secondary N) is 1. The molecule has 3 aromatic carbocycles.